The summed E-state index contributed by atoms with van der Waals surface area (Å²) in [5, 5.41) is 9.32. The van der Waals surface area contributed by atoms with Crippen molar-refractivity contribution < 1.29 is 19.4 Å². The number of rotatable bonds is 6. The maximum absolute atomic E-state index is 13.1. The van der Waals surface area contributed by atoms with Gasteiger partial charge in [-0.1, -0.05) is 36.1 Å². The molecule has 2 aliphatic rings. The zero-order valence-corrected chi connectivity index (χ0v) is 18.3. The van der Waals surface area contributed by atoms with Gasteiger partial charge in [0.25, 0.3) is 5.91 Å². The van der Waals surface area contributed by atoms with Gasteiger partial charge in [0.1, 0.15) is 16.1 Å². The molecule has 2 aliphatic heterocycles. The Morgan fingerprint density at radius 3 is 2.76 bits per heavy atom. The van der Waals surface area contributed by atoms with Gasteiger partial charge in [-0.15, -0.1) is 0 Å². The van der Waals surface area contributed by atoms with E-state index in [4.69, 9.17) is 17.0 Å². The summed E-state index contributed by atoms with van der Waals surface area (Å²) in [5.41, 5.74) is 0.865. The molecule has 0 aliphatic carbocycles. The molecule has 2 fully saturated rings. The Morgan fingerprint density at radius 2 is 2.10 bits per heavy atom. The van der Waals surface area contributed by atoms with Crippen LogP contribution >= 0.6 is 24.0 Å². The first-order chi connectivity index (χ1) is 14.0. The Labute approximate surface area is 180 Å². The Morgan fingerprint density at radius 1 is 1.38 bits per heavy atom. The fourth-order valence-electron chi connectivity index (χ4n) is 3.76. The maximum atomic E-state index is 13.1. The molecule has 2 unspecified atom stereocenters. The summed E-state index contributed by atoms with van der Waals surface area (Å²) in [7, 11) is 1.60. The molecule has 0 saturated carbocycles. The first-order valence-corrected chi connectivity index (χ1v) is 11.0. The molecule has 1 aromatic rings. The van der Waals surface area contributed by atoms with Crippen LogP contribution < -0.4 is 4.74 Å². The number of likely N-dealkylation sites (tertiary alicyclic amines) is 1. The number of hydrogen-bond acceptors (Lipinski definition) is 6. The number of ether oxygens (including phenoxy) is 1. The zero-order chi connectivity index (χ0) is 21.0. The fraction of sp³-hybridized carbons (Fsp3) is 0.476. The van der Waals surface area contributed by atoms with Crippen LogP contribution in [0.2, 0.25) is 0 Å². The highest BCUT2D eigenvalue weighted by atomic mass is 32.2. The lowest BCUT2D eigenvalue weighted by Gasteiger charge is -2.38. The molecule has 3 rings (SSSR count). The Bertz CT molecular complexity index is 807. The Kier molecular flexibility index (Phi) is 7.32. The van der Waals surface area contributed by atoms with Gasteiger partial charge in [0, 0.05) is 19.2 Å². The molecule has 156 valence electrons. The quantitative estimate of drug-likeness (QED) is 0.548. The lowest BCUT2D eigenvalue weighted by Crippen LogP contribution is -2.53. The number of hydrogen-bond donors (Lipinski definition) is 1. The van der Waals surface area contributed by atoms with Crippen LogP contribution in [-0.4, -0.2) is 63.4 Å². The van der Waals surface area contributed by atoms with E-state index in [-0.39, 0.29) is 24.5 Å². The van der Waals surface area contributed by atoms with Crippen molar-refractivity contribution in [1.29, 1.82) is 0 Å². The largest absolute Gasteiger partial charge is 0.497 e. The number of carbonyl (C=O) groups excluding carboxylic acids is 2. The minimum absolute atomic E-state index is 0.0249. The lowest BCUT2D eigenvalue weighted by atomic mass is 9.98. The average molecular weight is 435 g/mol. The molecule has 1 N–H and O–H groups in total. The predicted molar refractivity (Wildman–Crippen MR) is 119 cm³/mol. The lowest BCUT2D eigenvalue weighted by molar-refractivity contribution is -0.142. The van der Waals surface area contributed by atoms with Crippen molar-refractivity contribution in [2.24, 2.45) is 0 Å². The van der Waals surface area contributed by atoms with Gasteiger partial charge in [-0.3, -0.25) is 14.5 Å². The van der Waals surface area contributed by atoms with Crippen molar-refractivity contribution in [2.45, 2.75) is 44.7 Å². The van der Waals surface area contributed by atoms with Crippen molar-refractivity contribution >= 4 is 46.2 Å². The van der Waals surface area contributed by atoms with Crippen molar-refractivity contribution in [2.75, 3.05) is 20.3 Å². The van der Waals surface area contributed by atoms with Gasteiger partial charge in [0.05, 0.1) is 12.0 Å². The van der Waals surface area contributed by atoms with Crippen molar-refractivity contribution in [3.63, 3.8) is 0 Å². The zero-order valence-electron chi connectivity index (χ0n) is 16.7. The first-order valence-electron chi connectivity index (χ1n) is 9.78. The number of amides is 2. The minimum atomic E-state index is -0.663. The van der Waals surface area contributed by atoms with Gasteiger partial charge in [-0.25, -0.2) is 0 Å². The molecular weight excluding hydrogens is 408 g/mol. The van der Waals surface area contributed by atoms with E-state index < -0.39 is 6.04 Å². The van der Waals surface area contributed by atoms with Crippen LogP contribution in [0, 0.1) is 0 Å². The molecule has 0 bridgehead atoms. The highest BCUT2D eigenvalue weighted by Crippen LogP contribution is 2.35. The van der Waals surface area contributed by atoms with Gasteiger partial charge in [-0.05, 0) is 56.4 Å². The van der Waals surface area contributed by atoms with Crippen LogP contribution in [-0.2, 0) is 9.59 Å². The van der Waals surface area contributed by atoms with Gasteiger partial charge in [-0.2, -0.15) is 0 Å². The van der Waals surface area contributed by atoms with E-state index in [1.807, 2.05) is 29.2 Å². The number of nitrogens with zero attached hydrogens (tertiary/aromatic N) is 2. The Hall–Kier alpha value is -1.90. The van der Waals surface area contributed by atoms with Gasteiger partial charge >= 0.3 is 0 Å². The molecule has 1 aromatic carbocycles. The number of thiocarbonyl (C=S) groups is 1. The number of methoxy groups -OCH3 is 1. The Balaban J connectivity index is 1.75. The molecule has 0 radical (unpaired) electrons. The first kappa shape index (κ1) is 21.8. The molecular formula is C21H26N2O4S2. The molecule has 2 amide bonds. The van der Waals surface area contributed by atoms with Crippen LogP contribution in [0.4, 0.5) is 0 Å². The van der Waals surface area contributed by atoms with Crippen LogP contribution in [0.3, 0.4) is 0 Å². The normalized spacial score (nSPS) is 22.3. The van der Waals surface area contributed by atoms with E-state index in [1.54, 1.807) is 20.1 Å². The number of aliphatic hydroxyl groups is 1. The predicted octanol–water partition coefficient (Wildman–Crippen LogP) is 3.05. The van der Waals surface area contributed by atoms with Crippen LogP contribution in [0.1, 0.15) is 38.2 Å². The maximum Gasteiger partial charge on any atom is 0.266 e. The van der Waals surface area contributed by atoms with Crippen molar-refractivity contribution in [1.82, 2.24) is 9.80 Å². The molecule has 0 aromatic heterocycles. The average Bonchev–Trinajstić information content (AvgIpc) is 3.01. The molecule has 6 nitrogen and oxygen atoms in total. The number of thioether (sulfide) groups is 1. The van der Waals surface area contributed by atoms with Crippen molar-refractivity contribution in [3.8, 4) is 5.75 Å². The SMILES string of the molecule is COc1ccc(C=C2SC(=S)N(C(C)C(=O)N3CCCCC3CCO)C2=O)cc1. The summed E-state index contributed by atoms with van der Waals surface area (Å²) in [6.45, 7) is 2.44. The number of carbonyl (C=O) groups is 2. The highest BCUT2D eigenvalue weighted by molar-refractivity contribution is 8.26. The standard InChI is InChI=1S/C21H26N2O4S2/c1-14(19(25)22-11-4-3-5-16(22)10-12-24)23-20(26)18(29-21(23)28)13-15-6-8-17(27-2)9-7-15/h6-9,13-14,16,24H,3-5,10-12H2,1-2H3. The summed E-state index contributed by atoms with van der Waals surface area (Å²) in [6, 6.07) is 6.76. The number of piperidine rings is 1. The summed E-state index contributed by atoms with van der Waals surface area (Å²) in [5.74, 6) is 0.394. The fourth-order valence-corrected chi connectivity index (χ4v) is 5.17. The monoisotopic (exact) mass is 434 g/mol. The van der Waals surface area contributed by atoms with E-state index in [0.29, 0.717) is 22.2 Å². The van der Waals surface area contributed by atoms with E-state index in [1.165, 1.54) is 16.7 Å². The molecule has 8 heteroatoms. The second-order valence-corrected chi connectivity index (χ2v) is 8.87. The smallest absolute Gasteiger partial charge is 0.266 e. The molecule has 2 heterocycles. The number of benzene rings is 1. The highest BCUT2D eigenvalue weighted by Gasteiger charge is 2.40. The topological polar surface area (TPSA) is 70.1 Å². The third-order valence-electron chi connectivity index (χ3n) is 5.35. The second kappa shape index (κ2) is 9.73. The number of aliphatic hydroxyl groups excluding tert-OH is 1. The van der Waals surface area contributed by atoms with Gasteiger partial charge in [0.15, 0.2) is 0 Å². The van der Waals surface area contributed by atoms with Crippen molar-refractivity contribution in [3.05, 3.63) is 34.7 Å². The van der Waals surface area contributed by atoms with E-state index in [9.17, 15) is 14.7 Å². The van der Waals surface area contributed by atoms with Crippen LogP contribution in [0.5, 0.6) is 5.75 Å². The summed E-state index contributed by atoms with van der Waals surface area (Å²) >= 11 is 6.64. The molecule has 2 atom stereocenters. The van der Waals surface area contributed by atoms with Crippen LogP contribution in [0.25, 0.3) is 6.08 Å². The third-order valence-corrected chi connectivity index (χ3v) is 6.68. The van der Waals surface area contributed by atoms with Crippen LogP contribution in [0.15, 0.2) is 29.2 Å². The molecule has 29 heavy (non-hydrogen) atoms. The second-order valence-electron chi connectivity index (χ2n) is 7.19. The van der Waals surface area contributed by atoms with Gasteiger partial charge < -0.3 is 14.7 Å². The van der Waals surface area contributed by atoms with E-state index in [0.717, 1.165) is 30.6 Å². The van der Waals surface area contributed by atoms with E-state index in [2.05, 4.69) is 0 Å². The molecule has 0 spiro atoms. The van der Waals surface area contributed by atoms with E-state index >= 15 is 0 Å². The minimum Gasteiger partial charge on any atom is -0.497 e. The summed E-state index contributed by atoms with van der Waals surface area (Å²) in [4.78, 5) is 29.9. The van der Waals surface area contributed by atoms with Gasteiger partial charge in [0.2, 0.25) is 5.91 Å². The molecule has 2 saturated heterocycles. The summed E-state index contributed by atoms with van der Waals surface area (Å²) < 4.78 is 5.55. The third kappa shape index (κ3) is 4.82. The summed E-state index contributed by atoms with van der Waals surface area (Å²) in [6.07, 6.45) is 5.22.